The standard InChI is InChI=1S/C18H20N2O3S/c1-4-5-10-23-14-13-15(24-16(14)17(21)19-2)11-8-6-7-9-12(11)20(3)18(13)22/h6-9H,4-5,10H2,1-3H3,(H,19,21). The van der Waals surface area contributed by atoms with Gasteiger partial charge in [0.05, 0.1) is 16.8 Å². The first-order valence-corrected chi connectivity index (χ1v) is 8.80. The van der Waals surface area contributed by atoms with Gasteiger partial charge in [0.2, 0.25) is 0 Å². The number of aromatic nitrogens is 1. The molecule has 0 aliphatic carbocycles. The van der Waals surface area contributed by atoms with Crippen LogP contribution in [0.1, 0.15) is 29.4 Å². The Kier molecular flexibility index (Phi) is 4.57. The second kappa shape index (κ2) is 6.65. The highest BCUT2D eigenvalue weighted by atomic mass is 32.1. The van der Waals surface area contributed by atoms with E-state index in [1.54, 1.807) is 18.7 Å². The van der Waals surface area contributed by atoms with Gasteiger partial charge in [-0.3, -0.25) is 9.59 Å². The molecule has 0 saturated carbocycles. The summed E-state index contributed by atoms with van der Waals surface area (Å²) in [5.74, 6) is 0.183. The number of pyridine rings is 1. The average Bonchev–Trinajstić information content (AvgIpc) is 2.99. The Morgan fingerprint density at radius 1 is 1.33 bits per heavy atom. The quantitative estimate of drug-likeness (QED) is 0.723. The van der Waals surface area contributed by atoms with Gasteiger partial charge < -0.3 is 14.6 Å². The molecule has 24 heavy (non-hydrogen) atoms. The summed E-state index contributed by atoms with van der Waals surface area (Å²) < 4.78 is 8.30. The molecular weight excluding hydrogens is 324 g/mol. The lowest BCUT2D eigenvalue weighted by Gasteiger charge is -2.09. The molecule has 3 rings (SSSR count). The molecule has 126 valence electrons. The van der Waals surface area contributed by atoms with E-state index in [-0.39, 0.29) is 11.5 Å². The van der Waals surface area contributed by atoms with Crippen LogP contribution < -0.4 is 15.6 Å². The van der Waals surface area contributed by atoms with E-state index in [1.807, 2.05) is 24.3 Å². The predicted molar refractivity (Wildman–Crippen MR) is 98.4 cm³/mol. The normalized spacial score (nSPS) is 11.1. The first-order chi connectivity index (χ1) is 11.6. The molecule has 2 aromatic heterocycles. The predicted octanol–water partition coefficient (Wildman–Crippen LogP) is 3.29. The Hall–Kier alpha value is -2.34. The number of ether oxygens (including phenoxy) is 1. The lowest BCUT2D eigenvalue weighted by molar-refractivity contribution is 0.0963. The monoisotopic (exact) mass is 344 g/mol. The van der Waals surface area contributed by atoms with Crippen LogP contribution in [0, 0.1) is 0 Å². The number of hydrogen-bond acceptors (Lipinski definition) is 4. The third-order valence-electron chi connectivity index (χ3n) is 4.07. The van der Waals surface area contributed by atoms with Crippen molar-refractivity contribution in [3.8, 4) is 5.75 Å². The molecule has 0 saturated heterocycles. The molecule has 0 aliphatic heterocycles. The molecule has 0 unspecified atom stereocenters. The van der Waals surface area contributed by atoms with Crippen molar-refractivity contribution < 1.29 is 9.53 Å². The van der Waals surface area contributed by atoms with Crippen LogP contribution in [0.3, 0.4) is 0 Å². The highest BCUT2D eigenvalue weighted by Gasteiger charge is 2.24. The van der Waals surface area contributed by atoms with Crippen molar-refractivity contribution in [2.45, 2.75) is 19.8 Å². The summed E-state index contributed by atoms with van der Waals surface area (Å²) in [4.78, 5) is 25.6. The van der Waals surface area contributed by atoms with E-state index in [0.29, 0.717) is 22.6 Å². The van der Waals surface area contributed by atoms with Gasteiger partial charge in [-0.05, 0) is 12.5 Å². The molecule has 0 atom stereocenters. The van der Waals surface area contributed by atoms with Crippen molar-refractivity contribution in [1.82, 2.24) is 9.88 Å². The van der Waals surface area contributed by atoms with E-state index in [9.17, 15) is 9.59 Å². The second-order valence-electron chi connectivity index (χ2n) is 5.63. The maximum absolute atomic E-state index is 12.9. The number of aryl methyl sites for hydroxylation is 1. The largest absolute Gasteiger partial charge is 0.491 e. The zero-order chi connectivity index (χ0) is 17.3. The van der Waals surface area contributed by atoms with Crippen molar-refractivity contribution >= 4 is 38.2 Å². The van der Waals surface area contributed by atoms with E-state index < -0.39 is 0 Å². The number of fused-ring (bicyclic) bond motifs is 3. The van der Waals surface area contributed by atoms with Gasteiger partial charge in [0.25, 0.3) is 11.5 Å². The van der Waals surface area contributed by atoms with Crippen LogP contribution >= 0.6 is 11.3 Å². The van der Waals surface area contributed by atoms with Crippen LogP contribution in [0.25, 0.3) is 21.0 Å². The lowest BCUT2D eigenvalue weighted by atomic mass is 10.1. The van der Waals surface area contributed by atoms with Gasteiger partial charge in [-0.25, -0.2) is 0 Å². The van der Waals surface area contributed by atoms with Gasteiger partial charge >= 0.3 is 0 Å². The smallest absolute Gasteiger partial charge is 0.264 e. The maximum Gasteiger partial charge on any atom is 0.264 e. The molecule has 2 heterocycles. The molecular formula is C18H20N2O3S. The fraction of sp³-hybridized carbons (Fsp3) is 0.333. The zero-order valence-electron chi connectivity index (χ0n) is 14.0. The van der Waals surface area contributed by atoms with Crippen LogP contribution in [-0.2, 0) is 7.05 Å². The topological polar surface area (TPSA) is 60.3 Å². The Bertz CT molecular complexity index is 972. The van der Waals surface area contributed by atoms with Crippen molar-refractivity contribution in [2.75, 3.05) is 13.7 Å². The number of nitrogens with zero attached hydrogens (tertiary/aromatic N) is 1. The first kappa shape index (κ1) is 16.5. The summed E-state index contributed by atoms with van der Waals surface area (Å²) in [5.41, 5.74) is 0.710. The third kappa shape index (κ3) is 2.57. The van der Waals surface area contributed by atoms with Gasteiger partial charge in [0.15, 0.2) is 5.75 Å². The average molecular weight is 344 g/mol. The number of hydrogen-bond donors (Lipinski definition) is 1. The fourth-order valence-electron chi connectivity index (χ4n) is 2.75. The van der Waals surface area contributed by atoms with Crippen molar-refractivity contribution in [1.29, 1.82) is 0 Å². The Labute approximate surface area is 143 Å². The molecule has 1 aromatic carbocycles. The number of rotatable bonds is 5. The van der Waals surface area contributed by atoms with Gasteiger partial charge in [0, 0.05) is 19.5 Å². The summed E-state index contributed by atoms with van der Waals surface area (Å²) in [6.45, 7) is 2.56. The number of amides is 1. The fourth-order valence-corrected chi connectivity index (χ4v) is 3.97. The minimum atomic E-state index is -0.228. The molecule has 1 amide bonds. The van der Waals surface area contributed by atoms with Gasteiger partial charge in [-0.15, -0.1) is 11.3 Å². The van der Waals surface area contributed by atoms with Crippen molar-refractivity contribution in [3.63, 3.8) is 0 Å². The lowest BCUT2D eigenvalue weighted by Crippen LogP contribution is -2.19. The Balaban J connectivity index is 2.37. The summed E-state index contributed by atoms with van der Waals surface area (Å²) in [6.07, 6.45) is 1.86. The summed E-state index contributed by atoms with van der Waals surface area (Å²) >= 11 is 1.32. The summed E-state index contributed by atoms with van der Waals surface area (Å²) in [7, 11) is 3.33. The number of thiophene rings is 1. The number of nitrogens with one attached hydrogen (secondary N) is 1. The van der Waals surface area contributed by atoms with Gasteiger partial charge in [-0.1, -0.05) is 31.5 Å². The molecule has 6 heteroatoms. The molecule has 5 nitrogen and oxygen atoms in total. The molecule has 3 aromatic rings. The molecule has 0 bridgehead atoms. The van der Waals surface area contributed by atoms with E-state index in [4.69, 9.17) is 4.74 Å². The molecule has 0 aliphatic rings. The van der Waals surface area contributed by atoms with Crippen LogP contribution in [-0.4, -0.2) is 24.1 Å². The molecule has 0 fully saturated rings. The number of carbonyl (C=O) groups excluding carboxylic acids is 1. The third-order valence-corrected chi connectivity index (χ3v) is 5.27. The number of carbonyl (C=O) groups is 1. The van der Waals surface area contributed by atoms with Crippen LogP contribution in [0.2, 0.25) is 0 Å². The second-order valence-corrected chi connectivity index (χ2v) is 6.65. The van der Waals surface area contributed by atoms with Crippen LogP contribution in [0.15, 0.2) is 29.1 Å². The van der Waals surface area contributed by atoms with E-state index in [0.717, 1.165) is 28.4 Å². The minimum Gasteiger partial charge on any atom is -0.491 e. The zero-order valence-corrected chi connectivity index (χ0v) is 14.8. The first-order valence-electron chi connectivity index (χ1n) is 7.99. The van der Waals surface area contributed by atoms with Gasteiger partial charge in [0.1, 0.15) is 10.3 Å². The van der Waals surface area contributed by atoms with Gasteiger partial charge in [-0.2, -0.15) is 0 Å². The molecule has 0 spiro atoms. The molecule has 0 radical (unpaired) electrons. The van der Waals surface area contributed by atoms with Crippen molar-refractivity contribution in [2.24, 2.45) is 7.05 Å². The van der Waals surface area contributed by atoms with Crippen LogP contribution in [0.4, 0.5) is 0 Å². The Morgan fingerprint density at radius 2 is 2.08 bits per heavy atom. The highest BCUT2D eigenvalue weighted by Crippen LogP contribution is 2.39. The SMILES string of the molecule is CCCCOc1c(C(=O)NC)sc2c1c(=O)n(C)c1ccccc21. The summed E-state index contributed by atoms with van der Waals surface area (Å²) in [6, 6.07) is 7.72. The molecule has 1 N–H and O–H groups in total. The van der Waals surface area contributed by atoms with Crippen LogP contribution in [0.5, 0.6) is 5.75 Å². The number of benzene rings is 1. The summed E-state index contributed by atoms with van der Waals surface area (Å²) in [5, 5.41) is 4.09. The van der Waals surface area contributed by atoms with E-state index >= 15 is 0 Å². The highest BCUT2D eigenvalue weighted by molar-refractivity contribution is 7.22. The Morgan fingerprint density at radius 3 is 2.79 bits per heavy atom. The number of para-hydroxylation sites is 1. The minimum absolute atomic E-state index is 0.137. The van der Waals surface area contributed by atoms with E-state index in [1.165, 1.54) is 11.3 Å². The van der Waals surface area contributed by atoms with E-state index in [2.05, 4.69) is 12.2 Å². The number of unbranched alkanes of at least 4 members (excludes halogenated alkanes) is 1. The van der Waals surface area contributed by atoms with Crippen molar-refractivity contribution in [3.05, 3.63) is 39.5 Å². The maximum atomic E-state index is 12.9.